The van der Waals surface area contributed by atoms with Gasteiger partial charge in [-0.2, -0.15) is 0 Å². The number of nitrogens with zero attached hydrogens (tertiary/aromatic N) is 1. The van der Waals surface area contributed by atoms with Crippen molar-refractivity contribution in [2.45, 2.75) is 6.54 Å². The summed E-state index contributed by atoms with van der Waals surface area (Å²) >= 11 is 0. The van der Waals surface area contributed by atoms with Crippen LogP contribution in [0.5, 0.6) is 0 Å². The Kier molecular flexibility index (Phi) is 4.50. The van der Waals surface area contributed by atoms with E-state index in [9.17, 15) is 9.59 Å². The maximum absolute atomic E-state index is 11.3. The molecule has 2 aromatic carbocycles. The van der Waals surface area contributed by atoms with E-state index in [1.165, 1.54) is 7.11 Å². The van der Waals surface area contributed by atoms with E-state index in [4.69, 9.17) is 0 Å². The molecule has 0 bridgehead atoms. The molecule has 4 nitrogen and oxygen atoms in total. The van der Waals surface area contributed by atoms with Crippen LogP contribution in [0, 0.1) is 0 Å². The number of carbonyl (C=O) groups excluding carboxylic acids is 2. The van der Waals surface area contributed by atoms with Gasteiger partial charge in [0.2, 0.25) is 6.41 Å². The van der Waals surface area contributed by atoms with E-state index in [1.807, 2.05) is 42.5 Å². The van der Waals surface area contributed by atoms with Gasteiger partial charge in [-0.15, -0.1) is 0 Å². The third-order valence-electron chi connectivity index (χ3n) is 2.94. The number of anilines is 1. The molecule has 0 aliphatic rings. The number of para-hydroxylation sites is 1. The highest BCUT2D eigenvalue weighted by Crippen LogP contribution is 2.15. The minimum absolute atomic E-state index is 0.369. The van der Waals surface area contributed by atoms with Crippen molar-refractivity contribution in [2.75, 3.05) is 12.0 Å². The maximum atomic E-state index is 11.3. The Morgan fingerprint density at radius 3 is 2.30 bits per heavy atom. The Labute approximate surface area is 117 Å². The molecule has 102 valence electrons. The number of ether oxygens (including phenoxy) is 1. The fourth-order valence-corrected chi connectivity index (χ4v) is 1.87. The van der Waals surface area contributed by atoms with Crippen molar-refractivity contribution in [3.8, 4) is 0 Å². The topological polar surface area (TPSA) is 46.6 Å². The number of rotatable bonds is 5. The summed E-state index contributed by atoms with van der Waals surface area (Å²) in [5, 5.41) is 0. The lowest BCUT2D eigenvalue weighted by atomic mass is 10.1. The average Bonchev–Trinajstić information content (AvgIpc) is 2.53. The van der Waals surface area contributed by atoms with E-state index in [0.717, 1.165) is 17.7 Å². The zero-order chi connectivity index (χ0) is 14.4. The van der Waals surface area contributed by atoms with E-state index >= 15 is 0 Å². The van der Waals surface area contributed by atoms with Crippen LogP contribution in [-0.4, -0.2) is 19.5 Å². The molecule has 0 aliphatic heterocycles. The highest BCUT2D eigenvalue weighted by molar-refractivity contribution is 5.89. The minimum atomic E-state index is -0.369. The lowest BCUT2D eigenvalue weighted by Gasteiger charge is -2.17. The number of hydrogen-bond acceptors (Lipinski definition) is 3. The van der Waals surface area contributed by atoms with Gasteiger partial charge in [-0.3, -0.25) is 4.79 Å². The predicted octanol–water partition coefficient (Wildman–Crippen LogP) is 2.64. The molecule has 2 rings (SSSR count). The minimum Gasteiger partial charge on any atom is -0.465 e. The van der Waals surface area contributed by atoms with Gasteiger partial charge in [-0.05, 0) is 29.8 Å². The van der Waals surface area contributed by atoms with Gasteiger partial charge < -0.3 is 9.64 Å². The normalized spacial score (nSPS) is 9.85. The summed E-state index contributed by atoms with van der Waals surface area (Å²) in [6.07, 6.45) is 0.795. The summed E-state index contributed by atoms with van der Waals surface area (Å²) in [4.78, 5) is 24.1. The van der Waals surface area contributed by atoms with Gasteiger partial charge in [0.15, 0.2) is 0 Å². The number of hydrogen-bond donors (Lipinski definition) is 0. The lowest BCUT2D eigenvalue weighted by molar-refractivity contribution is -0.107. The SMILES string of the molecule is COC(=O)c1ccc(CN(C=O)c2ccccc2)cc1. The standard InChI is InChI=1S/C16H15NO3/c1-20-16(19)14-9-7-13(8-10-14)11-17(12-18)15-5-3-2-4-6-15/h2-10,12H,11H2,1H3. The summed E-state index contributed by atoms with van der Waals surface area (Å²) < 4.78 is 4.64. The number of carbonyl (C=O) groups is 2. The Bertz CT molecular complexity index is 578. The van der Waals surface area contributed by atoms with Crippen molar-refractivity contribution in [1.82, 2.24) is 0 Å². The molecule has 0 aromatic heterocycles. The van der Waals surface area contributed by atoms with Gasteiger partial charge >= 0.3 is 5.97 Å². The molecular weight excluding hydrogens is 254 g/mol. The first-order valence-electron chi connectivity index (χ1n) is 6.19. The van der Waals surface area contributed by atoms with Crippen molar-refractivity contribution in [1.29, 1.82) is 0 Å². The first-order chi connectivity index (χ1) is 9.74. The monoisotopic (exact) mass is 269 g/mol. The summed E-state index contributed by atoms with van der Waals surface area (Å²) in [7, 11) is 1.35. The molecule has 0 N–H and O–H groups in total. The fourth-order valence-electron chi connectivity index (χ4n) is 1.87. The van der Waals surface area contributed by atoms with Gasteiger partial charge in [0, 0.05) is 5.69 Å². The summed E-state index contributed by atoms with van der Waals surface area (Å²) in [6.45, 7) is 0.453. The Hall–Kier alpha value is -2.62. The molecule has 0 heterocycles. The highest BCUT2D eigenvalue weighted by atomic mass is 16.5. The van der Waals surface area contributed by atoms with E-state index in [-0.39, 0.29) is 5.97 Å². The Morgan fingerprint density at radius 2 is 1.75 bits per heavy atom. The maximum Gasteiger partial charge on any atom is 0.337 e. The molecule has 0 unspecified atom stereocenters. The van der Waals surface area contributed by atoms with Crippen molar-refractivity contribution in [2.24, 2.45) is 0 Å². The third kappa shape index (κ3) is 3.23. The molecule has 4 heteroatoms. The van der Waals surface area contributed by atoms with Crippen LogP contribution < -0.4 is 4.90 Å². The molecule has 1 amide bonds. The molecule has 0 saturated carbocycles. The van der Waals surface area contributed by atoms with Crippen LogP contribution in [0.3, 0.4) is 0 Å². The van der Waals surface area contributed by atoms with Gasteiger partial charge in [0.25, 0.3) is 0 Å². The second-order valence-electron chi connectivity index (χ2n) is 4.26. The number of methoxy groups -OCH3 is 1. The van der Waals surface area contributed by atoms with Gasteiger partial charge in [-0.25, -0.2) is 4.79 Å². The van der Waals surface area contributed by atoms with Gasteiger partial charge in [-0.1, -0.05) is 30.3 Å². The smallest absolute Gasteiger partial charge is 0.337 e. The van der Waals surface area contributed by atoms with E-state index in [1.54, 1.807) is 17.0 Å². The second kappa shape index (κ2) is 6.52. The number of amides is 1. The molecule has 0 radical (unpaired) electrons. The predicted molar refractivity (Wildman–Crippen MR) is 76.5 cm³/mol. The first kappa shape index (κ1) is 13.8. The highest BCUT2D eigenvalue weighted by Gasteiger charge is 2.08. The first-order valence-corrected chi connectivity index (χ1v) is 6.19. The van der Waals surface area contributed by atoms with E-state index < -0.39 is 0 Å². The van der Waals surface area contributed by atoms with Crippen LogP contribution in [-0.2, 0) is 16.1 Å². The molecule has 0 saturated heterocycles. The summed E-state index contributed by atoms with van der Waals surface area (Å²) in [5.74, 6) is -0.369. The lowest BCUT2D eigenvalue weighted by Crippen LogP contribution is -2.20. The molecule has 0 aliphatic carbocycles. The van der Waals surface area contributed by atoms with Crippen molar-refractivity contribution >= 4 is 18.1 Å². The van der Waals surface area contributed by atoms with Gasteiger partial charge in [0.05, 0.1) is 19.2 Å². The van der Waals surface area contributed by atoms with E-state index in [2.05, 4.69) is 4.74 Å². The second-order valence-corrected chi connectivity index (χ2v) is 4.26. The van der Waals surface area contributed by atoms with Crippen molar-refractivity contribution in [3.05, 3.63) is 65.7 Å². The fraction of sp³-hybridized carbons (Fsp3) is 0.125. The number of benzene rings is 2. The molecular formula is C16H15NO3. The van der Waals surface area contributed by atoms with Crippen LogP contribution in [0.2, 0.25) is 0 Å². The molecule has 0 atom stereocenters. The number of esters is 1. The van der Waals surface area contributed by atoms with Crippen LogP contribution in [0.25, 0.3) is 0 Å². The Balaban J connectivity index is 2.12. The molecule has 0 fully saturated rings. The molecule has 2 aromatic rings. The van der Waals surface area contributed by atoms with Crippen molar-refractivity contribution in [3.63, 3.8) is 0 Å². The van der Waals surface area contributed by atoms with Crippen LogP contribution in [0.15, 0.2) is 54.6 Å². The summed E-state index contributed by atoms with van der Waals surface area (Å²) in [6, 6.07) is 16.4. The molecule has 20 heavy (non-hydrogen) atoms. The average molecular weight is 269 g/mol. The quantitative estimate of drug-likeness (QED) is 0.619. The zero-order valence-electron chi connectivity index (χ0n) is 11.2. The zero-order valence-corrected chi connectivity index (χ0v) is 11.2. The third-order valence-corrected chi connectivity index (χ3v) is 2.94. The van der Waals surface area contributed by atoms with Crippen molar-refractivity contribution < 1.29 is 14.3 Å². The molecule has 0 spiro atoms. The van der Waals surface area contributed by atoms with Crippen LogP contribution >= 0.6 is 0 Å². The Morgan fingerprint density at radius 1 is 1.10 bits per heavy atom. The van der Waals surface area contributed by atoms with Crippen LogP contribution in [0.1, 0.15) is 15.9 Å². The van der Waals surface area contributed by atoms with Crippen LogP contribution in [0.4, 0.5) is 5.69 Å². The summed E-state index contributed by atoms with van der Waals surface area (Å²) in [5.41, 5.74) is 2.27. The van der Waals surface area contributed by atoms with Gasteiger partial charge in [0.1, 0.15) is 0 Å². The largest absolute Gasteiger partial charge is 0.465 e. The van der Waals surface area contributed by atoms with E-state index in [0.29, 0.717) is 12.1 Å².